The lowest BCUT2D eigenvalue weighted by molar-refractivity contribution is -0.154. The van der Waals surface area contributed by atoms with Crippen LogP contribution in [0.5, 0.6) is 5.75 Å². The lowest BCUT2D eigenvalue weighted by atomic mass is 10.0. The SMILES string of the molecule is O=C1CCC(CO)(COc2ccccc2)O1. The monoisotopic (exact) mass is 222 g/mol. The second-order valence-corrected chi connectivity index (χ2v) is 3.92. The summed E-state index contributed by atoms with van der Waals surface area (Å²) in [5.41, 5.74) is -0.854. The fourth-order valence-electron chi connectivity index (χ4n) is 1.66. The Balaban J connectivity index is 1.96. The molecule has 0 aromatic heterocycles. The first-order valence-corrected chi connectivity index (χ1v) is 5.25. The van der Waals surface area contributed by atoms with Crippen LogP contribution >= 0.6 is 0 Å². The summed E-state index contributed by atoms with van der Waals surface area (Å²) < 4.78 is 10.6. The lowest BCUT2D eigenvalue weighted by Crippen LogP contribution is -2.39. The number of esters is 1. The maximum absolute atomic E-state index is 11.0. The second-order valence-electron chi connectivity index (χ2n) is 3.92. The van der Waals surface area contributed by atoms with Crippen molar-refractivity contribution in [1.29, 1.82) is 0 Å². The van der Waals surface area contributed by atoms with Crippen LogP contribution in [-0.2, 0) is 9.53 Å². The molecular formula is C12H14O4. The largest absolute Gasteiger partial charge is 0.489 e. The van der Waals surface area contributed by atoms with Crippen molar-refractivity contribution >= 4 is 5.97 Å². The molecule has 1 aromatic rings. The van der Waals surface area contributed by atoms with Gasteiger partial charge in [-0.1, -0.05) is 18.2 Å². The van der Waals surface area contributed by atoms with Gasteiger partial charge in [-0.05, 0) is 12.1 Å². The van der Waals surface area contributed by atoms with E-state index in [0.29, 0.717) is 18.6 Å². The van der Waals surface area contributed by atoms with Crippen molar-refractivity contribution in [1.82, 2.24) is 0 Å². The number of ether oxygens (including phenoxy) is 2. The molecule has 1 fully saturated rings. The van der Waals surface area contributed by atoms with Crippen molar-refractivity contribution in [2.45, 2.75) is 18.4 Å². The van der Waals surface area contributed by atoms with Gasteiger partial charge in [-0.2, -0.15) is 0 Å². The lowest BCUT2D eigenvalue weighted by Gasteiger charge is -2.25. The molecule has 4 nitrogen and oxygen atoms in total. The van der Waals surface area contributed by atoms with Crippen LogP contribution in [0.3, 0.4) is 0 Å². The van der Waals surface area contributed by atoms with Gasteiger partial charge in [0.1, 0.15) is 12.4 Å². The van der Waals surface area contributed by atoms with E-state index in [2.05, 4.69) is 0 Å². The van der Waals surface area contributed by atoms with Crippen molar-refractivity contribution in [3.05, 3.63) is 30.3 Å². The van der Waals surface area contributed by atoms with Gasteiger partial charge in [0.05, 0.1) is 6.61 Å². The molecule has 4 heteroatoms. The molecule has 86 valence electrons. The third-order valence-electron chi connectivity index (χ3n) is 2.65. The van der Waals surface area contributed by atoms with E-state index in [0.717, 1.165) is 0 Å². The zero-order valence-corrected chi connectivity index (χ0v) is 8.89. The smallest absolute Gasteiger partial charge is 0.306 e. The molecule has 16 heavy (non-hydrogen) atoms. The molecule has 1 saturated heterocycles. The van der Waals surface area contributed by atoms with E-state index < -0.39 is 5.60 Å². The average Bonchev–Trinajstić information content (AvgIpc) is 2.71. The maximum atomic E-state index is 11.0. The molecule has 0 bridgehead atoms. The first-order chi connectivity index (χ1) is 7.74. The minimum absolute atomic E-state index is 0.194. The van der Waals surface area contributed by atoms with Gasteiger partial charge in [0.2, 0.25) is 0 Å². The highest BCUT2D eigenvalue weighted by Gasteiger charge is 2.40. The summed E-state index contributed by atoms with van der Waals surface area (Å²) in [6.07, 6.45) is 0.855. The van der Waals surface area contributed by atoms with Crippen molar-refractivity contribution in [3.63, 3.8) is 0 Å². The molecule has 0 amide bonds. The predicted octanol–water partition coefficient (Wildman–Crippen LogP) is 1.13. The number of aliphatic hydroxyl groups is 1. The number of rotatable bonds is 4. The molecule has 1 aliphatic rings. The Hall–Kier alpha value is -1.55. The standard InChI is InChI=1S/C12H14O4/c13-8-12(7-6-11(14)16-12)9-15-10-4-2-1-3-5-10/h1-5,13H,6-9H2. The Bertz CT molecular complexity index is 363. The van der Waals surface area contributed by atoms with Crippen LogP contribution in [0, 0.1) is 0 Å². The molecule has 2 rings (SSSR count). The first kappa shape index (κ1) is 11.0. The van der Waals surface area contributed by atoms with Gasteiger partial charge in [-0.3, -0.25) is 4.79 Å². The van der Waals surface area contributed by atoms with Gasteiger partial charge >= 0.3 is 5.97 Å². The Morgan fingerprint density at radius 1 is 1.38 bits per heavy atom. The Kier molecular flexibility index (Phi) is 3.10. The van der Waals surface area contributed by atoms with Crippen molar-refractivity contribution in [2.75, 3.05) is 13.2 Å². The van der Waals surface area contributed by atoms with Gasteiger partial charge in [0, 0.05) is 12.8 Å². The summed E-state index contributed by atoms with van der Waals surface area (Å²) in [5.74, 6) is 0.434. The number of carbonyl (C=O) groups is 1. The van der Waals surface area contributed by atoms with Gasteiger partial charge in [0.15, 0.2) is 5.60 Å². The molecular weight excluding hydrogens is 208 g/mol. The molecule has 1 atom stereocenters. The number of hydrogen-bond acceptors (Lipinski definition) is 4. The van der Waals surface area contributed by atoms with E-state index >= 15 is 0 Å². The number of para-hydroxylation sites is 1. The molecule has 1 aromatic carbocycles. The fourth-order valence-corrected chi connectivity index (χ4v) is 1.66. The fraction of sp³-hybridized carbons (Fsp3) is 0.417. The number of carbonyl (C=O) groups excluding carboxylic acids is 1. The van der Waals surface area contributed by atoms with Crippen LogP contribution in [0.2, 0.25) is 0 Å². The van der Waals surface area contributed by atoms with E-state index in [1.54, 1.807) is 0 Å². The minimum atomic E-state index is -0.854. The summed E-state index contributed by atoms with van der Waals surface area (Å²) in [7, 11) is 0. The van der Waals surface area contributed by atoms with Crippen molar-refractivity contribution in [2.24, 2.45) is 0 Å². The van der Waals surface area contributed by atoms with E-state index in [1.165, 1.54) is 0 Å². The molecule has 1 aliphatic heterocycles. The van der Waals surface area contributed by atoms with E-state index in [9.17, 15) is 9.90 Å². The quantitative estimate of drug-likeness (QED) is 0.776. The van der Waals surface area contributed by atoms with Crippen LogP contribution in [0.1, 0.15) is 12.8 Å². The van der Waals surface area contributed by atoms with Crippen molar-refractivity contribution in [3.8, 4) is 5.75 Å². The van der Waals surface area contributed by atoms with Crippen LogP contribution in [0.15, 0.2) is 30.3 Å². The summed E-state index contributed by atoms with van der Waals surface area (Å²) in [4.78, 5) is 11.0. The molecule has 1 heterocycles. The average molecular weight is 222 g/mol. The summed E-state index contributed by atoms with van der Waals surface area (Å²) in [6.45, 7) is -0.00910. The summed E-state index contributed by atoms with van der Waals surface area (Å²) in [6, 6.07) is 9.26. The summed E-state index contributed by atoms with van der Waals surface area (Å²) >= 11 is 0. The predicted molar refractivity (Wildman–Crippen MR) is 57.1 cm³/mol. The zero-order chi connectivity index (χ0) is 11.4. The second kappa shape index (κ2) is 4.53. The van der Waals surface area contributed by atoms with Gasteiger partial charge in [-0.15, -0.1) is 0 Å². The minimum Gasteiger partial charge on any atom is -0.489 e. The molecule has 0 spiro atoms. The maximum Gasteiger partial charge on any atom is 0.306 e. The van der Waals surface area contributed by atoms with E-state index in [1.807, 2.05) is 30.3 Å². The Labute approximate surface area is 93.8 Å². The van der Waals surface area contributed by atoms with E-state index in [-0.39, 0.29) is 19.2 Å². The van der Waals surface area contributed by atoms with Crippen LogP contribution < -0.4 is 4.74 Å². The van der Waals surface area contributed by atoms with Crippen molar-refractivity contribution < 1.29 is 19.4 Å². The topological polar surface area (TPSA) is 55.8 Å². The van der Waals surface area contributed by atoms with Gasteiger partial charge < -0.3 is 14.6 Å². The Morgan fingerprint density at radius 3 is 2.69 bits per heavy atom. The third-order valence-corrected chi connectivity index (χ3v) is 2.65. The number of hydrogen-bond donors (Lipinski definition) is 1. The highest BCUT2D eigenvalue weighted by molar-refractivity contribution is 5.72. The highest BCUT2D eigenvalue weighted by Crippen LogP contribution is 2.27. The number of aliphatic hydroxyl groups excluding tert-OH is 1. The van der Waals surface area contributed by atoms with Crippen LogP contribution in [-0.4, -0.2) is 29.9 Å². The van der Waals surface area contributed by atoms with Gasteiger partial charge in [-0.25, -0.2) is 0 Å². The molecule has 0 radical (unpaired) electrons. The zero-order valence-electron chi connectivity index (χ0n) is 8.89. The van der Waals surface area contributed by atoms with Gasteiger partial charge in [0.25, 0.3) is 0 Å². The first-order valence-electron chi connectivity index (χ1n) is 5.25. The normalized spacial score (nSPS) is 24.2. The number of benzene rings is 1. The number of cyclic esters (lactones) is 1. The van der Waals surface area contributed by atoms with E-state index in [4.69, 9.17) is 9.47 Å². The molecule has 0 saturated carbocycles. The molecule has 1 N–H and O–H groups in total. The van der Waals surface area contributed by atoms with Crippen LogP contribution in [0.4, 0.5) is 0 Å². The molecule has 1 unspecified atom stereocenters. The third kappa shape index (κ3) is 2.33. The summed E-state index contributed by atoms with van der Waals surface area (Å²) in [5, 5.41) is 9.26. The Morgan fingerprint density at radius 2 is 2.12 bits per heavy atom. The van der Waals surface area contributed by atoms with Crippen LogP contribution in [0.25, 0.3) is 0 Å². The molecule has 0 aliphatic carbocycles. The highest BCUT2D eigenvalue weighted by atomic mass is 16.6.